The summed E-state index contributed by atoms with van der Waals surface area (Å²) < 4.78 is 30.0. The molecule has 0 fully saturated rings. The number of carbonyl (C=O) groups excluding carboxylic acids is 1. The van der Waals surface area contributed by atoms with Crippen LogP contribution in [-0.2, 0) is 17.9 Å². The normalized spacial score (nSPS) is 12.3. The Labute approximate surface area is 155 Å². The second-order valence-corrected chi connectivity index (χ2v) is 6.46. The standard InChI is InChI=1S/C20H21F2N3O2/c1-3-10-24-17-6-4-5-7-18(17)25(20(24)27)12-19(26)23-13(2)15-9-8-14(21)11-16(15)22/h4-9,11,13H,3,10,12H2,1-2H3,(H,23,26). The van der Waals surface area contributed by atoms with Crippen molar-refractivity contribution in [3.05, 3.63) is 70.1 Å². The van der Waals surface area contributed by atoms with Gasteiger partial charge in [-0.3, -0.25) is 13.9 Å². The van der Waals surface area contributed by atoms with E-state index in [9.17, 15) is 18.4 Å². The van der Waals surface area contributed by atoms with Crippen molar-refractivity contribution in [2.75, 3.05) is 0 Å². The van der Waals surface area contributed by atoms with E-state index in [2.05, 4.69) is 5.32 Å². The number of nitrogens with zero attached hydrogens (tertiary/aromatic N) is 2. The fourth-order valence-corrected chi connectivity index (χ4v) is 3.23. The largest absolute Gasteiger partial charge is 0.348 e. The van der Waals surface area contributed by atoms with Crippen LogP contribution in [0.4, 0.5) is 8.78 Å². The minimum absolute atomic E-state index is 0.177. The third kappa shape index (κ3) is 3.77. The van der Waals surface area contributed by atoms with Crippen LogP contribution in [0.2, 0.25) is 0 Å². The van der Waals surface area contributed by atoms with Gasteiger partial charge in [0.2, 0.25) is 5.91 Å². The lowest BCUT2D eigenvalue weighted by atomic mass is 10.1. The van der Waals surface area contributed by atoms with Crippen molar-refractivity contribution >= 4 is 16.9 Å². The van der Waals surface area contributed by atoms with Crippen molar-refractivity contribution < 1.29 is 13.6 Å². The van der Waals surface area contributed by atoms with E-state index in [0.29, 0.717) is 12.1 Å². The number of nitrogens with one attached hydrogen (secondary N) is 1. The Kier molecular flexibility index (Phi) is 5.39. The van der Waals surface area contributed by atoms with Gasteiger partial charge in [0.1, 0.15) is 18.2 Å². The van der Waals surface area contributed by atoms with Crippen LogP contribution in [0.5, 0.6) is 0 Å². The van der Waals surface area contributed by atoms with Crippen molar-refractivity contribution in [3.63, 3.8) is 0 Å². The van der Waals surface area contributed by atoms with Crippen LogP contribution in [0.1, 0.15) is 31.9 Å². The molecule has 0 radical (unpaired) electrons. The lowest BCUT2D eigenvalue weighted by molar-refractivity contribution is -0.122. The highest BCUT2D eigenvalue weighted by Gasteiger charge is 2.18. The zero-order valence-electron chi connectivity index (χ0n) is 15.2. The Balaban J connectivity index is 1.84. The van der Waals surface area contributed by atoms with Crippen LogP contribution in [0.15, 0.2) is 47.3 Å². The number of halogens is 2. The molecule has 1 amide bonds. The van der Waals surface area contributed by atoms with E-state index in [-0.39, 0.29) is 17.8 Å². The van der Waals surface area contributed by atoms with E-state index in [0.717, 1.165) is 24.1 Å². The van der Waals surface area contributed by atoms with Crippen LogP contribution in [0.3, 0.4) is 0 Å². The van der Waals surface area contributed by atoms with Crippen LogP contribution < -0.4 is 11.0 Å². The van der Waals surface area contributed by atoms with Gasteiger partial charge in [-0.2, -0.15) is 0 Å². The first-order valence-corrected chi connectivity index (χ1v) is 8.84. The molecule has 1 atom stereocenters. The molecule has 5 nitrogen and oxygen atoms in total. The van der Waals surface area contributed by atoms with E-state index in [4.69, 9.17) is 0 Å². The first-order valence-electron chi connectivity index (χ1n) is 8.84. The van der Waals surface area contributed by atoms with Gasteiger partial charge < -0.3 is 5.32 Å². The smallest absolute Gasteiger partial charge is 0.329 e. The molecule has 1 N–H and O–H groups in total. The monoisotopic (exact) mass is 373 g/mol. The molecular formula is C20H21F2N3O2. The summed E-state index contributed by atoms with van der Waals surface area (Å²) in [5.74, 6) is -1.82. The highest BCUT2D eigenvalue weighted by atomic mass is 19.1. The number of fused-ring (bicyclic) bond motifs is 1. The molecule has 0 bridgehead atoms. The summed E-state index contributed by atoms with van der Waals surface area (Å²) in [5, 5.41) is 2.67. The van der Waals surface area contributed by atoms with Crippen molar-refractivity contribution in [1.29, 1.82) is 0 Å². The summed E-state index contributed by atoms with van der Waals surface area (Å²) in [6.07, 6.45) is 0.793. The van der Waals surface area contributed by atoms with Gasteiger partial charge in [0.05, 0.1) is 17.1 Å². The number of hydrogen-bond acceptors (Lipinski definition) is 2. The first kappa shape index (κ1) is 18.8. The third-order valence-corrected chi connectivity index (χ3v) is 4.48. The number of rotatable bonds is 6. The number of benzene rings is 2. The molecule has 0 spiro atoms. The molecule has 1 unspecified atom stereocenters. The Morgan fingerprint density at radius 2 is 1.78 bits per heavy atom. The van der Waals surface area contributed by atoms with E-state index < -0.39 is 23.6 Å². The third-order valence-electron chi connectivity index (χ3n) is 4.48. The molecule has 3 aromatic rings. The highest BCUT2D eigenvalue weighted by molar-refractivity contribution is 5.81. The molecule has 0 saturated carbocycles. The predicted molar refractivity (Wildman–Crippen MR) is 99.4 cm³/mol. The molecule has 0 aliphatic heterocycles. The number of aryl methyl sites for hydroxylation is 1. The quantitative estimate of drug-likeness (QED) is 0.720. The summed E-state index contributed by atoms with van der Waals surface area (Å²) >= 11 is 0. The molecule has 142 valence electrons. The zero-order chi connectivity index (χ0) is 19.6. The van der Waals surface area contributed by atoms with Crippen LogP contribution >= 0.6 is 0 Å². The molecular weight excluding hydrogens is 352 g/mol. The van der Waals surface area contributed by atoms with E-state index in [1.807, 2.05) is 25.1 Å². The molecule has 2 aromatic carbocycles. The van der Waals surface area contributed by atoms with Gasteiger partial charge in [0.25, 0.3) is 0 Å². The predicted octanol–water partition coefficient (Wildman–Crippen LogP) is 3.37. The Morgan fingerprint density at radius 1 is 1.11 bits per heavy atom. The Bertz CT molecular complexity index is 1040. The fourth-order valence-electron chi connectivity index (χ4n) is 3.23. The maximum absolute atomic E-state index is 13.9. The van der Waals surface area contributed by atoms with Crippen molar-refractivity contribution in [1.82, 2.24) is 14.5 Å². The maximum Gasteiger partial charge on any atom is 0.329 e. The Hall–Kier alpha value is -2.96. The summed E-state index contributed by atoms with van der Waals surface area (Å²) in [5.41, 5.74) is 1.38. The second-order valence-electron chi connectivity index (χ2n) is 6.46. The topological polar surface area (TPSA) is 56.0 Å². The molecule has 3 rings (SSSR count). The van der Waals surface area contributed by atoms with Crippen LogP contribution in [0.25, 0.3) is 11.0 Å². The minimum Gasteiger partial charge on any atom is -0.348 e. The van der Waals surface area contributed by atoms with E-state index in [1.54, 1.807) is 17.6 Å². The zero-order valence-corrected chi connectivity index (χ0v) is 15.2. The maximum atomic E-state index is 13.9. The van der Waals surface area contributed by atoms with Crippen LogP contribution in [0, 0.1) is 11.6 Å². The van der Waals surface area contributed by atoms with Crippen LogP contribution in [-0.4, -0.2) is 15.0 Å². The van der Waals surface area contributed by atoms with Gasteiger partial charge in [-0.1, -0.05) is 25.1 Å². The van der Waals surface area contributed by atoms with Crippen molar-refractivity contribution in [2.24, 2.45) is 0 Å². The van der Waals surface area contributed by atoms with Gasteiger partial charge in [0, 0.05) is 18.2 Å². The summed E-state index contributed by atoms with van der Waals surface area (Å²) in [7, 11) is 0. The van der Waals surface area contributed by atoms with E-state index >= 15 is 0 Å². The highest BCUT2D eigenvalue weighted by Crippen LogP contribution is 2.18. The molecule has 0 saturated heterocycles. The molecule has 1 aromatic heterocycles. The molecule has 27 heavy (non-hydrogen) atoms. The molecule has 7 heteroatoms. The summed E-state index contributed by atoms with van der Waals surface area (Å²) in [4.78, 5) is 25.2. The van der Waals surface area contributed by atoms with Crippen molar-refractivity contribution in [2.45, 2.75) is 39.4 Å². The number of para-hydroxylation sites is 2. The number of aromatic nitrogens is 2. The number of carbonyl (C=O) groups is 1. The Morgan fingerprint density at radius 3 is 2.41 bits per heavy atom. The first-order chi connectivity index (χ1) is 12.9. The van der Waals surface area contributed by atoms with Gasteiger partial charge in [0.15, 0.2) is 0 Å². The lowest BCUT2D eigenvalue weighted by Crippen LogP contribution is -2.34. The lowest BCUT2D eigenvalue weighted by Gasteiger charge is -2.15. The number of amides is 1. The average Bonchev–Trinajstić information content (AvgIpc) is 2.88. The SMILES string of the molecule is CCCn1c(=O)n(CC(=O)NC(C)c2ccc(F)cc2F)c2ccccc21. The van der Waals surface area contributed by atoms with E-state index in [1.165, 1.54) is 10.6 Å². The number of hydrogen-bond donors (Lipinski definition) is 1. The van der Waals surface area contributed by atoms with Gasteiger partial charge in [-0.05, 0) is 31.5 Å². The second kappa shape index (κ2) is 7.73. The van der Waals surface area contributed by atoms with Gasteiger partial charge in [-0.15, -0.1) is 0 Å². The molecule has 1 heterocycles. The summed E-state index contributed by atoms with van der Waals surface area (Å²) in [6, 6.07) is 9.86. The molecule has 0 aliphatic rings. The van der Waals surface area contributed by atoms with Crippen molar-refractivity contribution in [3.8, 4) is 0 Å². The van der Waals surface area contributed by atoms with Gasteiger partial charge >= 0.3 is 5.69 Å². The average molecular weight is 373 g/mol. The number of imidazole rings is 1. The summed E-state index contributed by atoms with van der Waals surface area (Å²) in [6.45, 7) is 3.97. The van der Waals surface area contributed by atoms with Gasteiger partial charge in [-0.25, -0.2) is 13.6 Å². The fraction of sp³-hybridized carbons (Fsp3) is 0.300. The minimum atomic E-state index is -0.723. The molecule has 0 aliphatic carbocycles.